The number of nitrogens with one attached hydrogen (secondary N) is 2. The van der Waals surface area contributed by atoms with E-state index in [1.165, 1.54) is 44.4 Å². The standard InChI is InChI=1S/C21H28N2O5S/c1-2-29(27,28)16-3-4-18(24)17(8-16)23-19(25)12-22-20(26)21-9-13-5-14(10-21)7-15(6-13)11-21/h3-4,8,13-15,24H,2,5-7,9-12H2,1H3,(H,22,26)(H,23,25). The van der Waals surface area contributed by atoms with Gasteiger partial charge in [0.05, 0.1) is 22.9 Å². The second kappa shape index (κ2) is 7.31. The van der Waals surface area contributed by atoms with E-state index < -0.39 is 15.7 Å². The van der Waals surface area contributed by atoms with Crippen molar-refractivity contribution in [3.63, 3.8) is 0 Å². The van der Waals surface area contributed by atoms with Crippen molar-refractivity contribution in [1.82, 2.24) is 5.32 Å². The molecule has 29 heavy (non-hydrogen) atoms. The Balaban J connectivity index is 1.38. The van der Waals surface area contributed by atoms with Crippen LogP contribution in [0.1, 0.15) is 45.4 Å². The van der Waals surface area contributed by atoms with Gasteiger partial charge in [0, 0.05) is 5.41 Å². The molecule has 0 unspecified atom stereocenters. The van der Waals surface area contributed by atoms with Crippen molar-refractivity contribution in [3.8, 4) is 5.75 Å². The third-order valence-electron chi connectivity index (χ3n) is 6.91. The Labute approximate surface area is 171 Å². The molecule has 1 aromatic rings. The lowest BCUT2D eigenvalue weighted by Gasteiger charge is -2.55. The molecule has 5 rings (SSSR count). The molecule has 0 aliphatic heterocycles. The third kappa shape index (κ3) is 3.86. The van der Waals surface area contributed by atoms with E-state index in [-0.39, 0.29) is 40.0 Å². The SMILES string of the molecule is CCS(=O)(=O)c1ccc(O)c(NC(=O)CNC(=O)C23CC4CC(CC(C4)C2)C3)c1. The van der Waals surface area contributed by atoms with Crippen molar-refractivity contribution in [2.75, 3.05) is 17.6 Å². The summed E-state index contributed by atoms with van der Waals surface area (Å²) in [7, 11) is -3.46. The highest BCUT2D eigenvalue weighted by atomic mass is 32.2. The van der Waals surface area contributed by atoms with E-state index in [4.69, 9.17) is 0 Å². The molecular weight excluding hydrogens is 392 g/mol. The smallest absolute Gasteiger partial charge is 0.243 e. The summed E-state index contributed by atoms with van der Waals surface area (Å²) in [4.78, 5) is 25.3. The van der Waals surface area contributed by atoms with Gasteiger partial charge in [-0.15, -0.1) is 0 Å². The average Bonchev–Trinajstić information content (AvgIpc) is 2.66. The van der Waals surface area contributed by atoms with Crippen molar-refractivity contribution in [3.05, 3.63) is 18.2 Å². The van der Waals surface area contributed by atoms with Crippen molar-refractivity contribution < 1.29 is 23.1 Å². The number of anilines is 1. The molecule has 0 spiro atoms. The second-order valence-corrected chi connectivity index (χ2v) is 11.3. The van der Waals surface area contributed by atoms with E-state index in [9.17, 15) is 23.1 Å². The van der Waals surface area contributed by atoms with Gasteiger partial charge in [-0.3, -0.25) is 9.59 Å². The Hall–Kier alpha value is -2.09. The topological polar surface area (TPSA) is 113 Å². The fourth-order valence-electron chi connectivity index (χ4n) is 5.91. The fourth-order valence-corrected chi connectivity index (χ4v) is 6.81. The van der Waals surface area contributed by atoms with Crippen LogP contribution in [0.3, 0.4) is 0 Å². The minimum absolute atomic E-state index is 0.0218. The quantitative estimate of drug-likeness (QED) is 0.612. The molecule has 4 fully saturated rings. The zero-order valence-corrected chi connectivity index (χ0v) is 17.4. The van der Waals surface area contributed by atoms with E-state index in [1.807, 2.05) is 0 Å². The summed E-state index contributed by atoms with van der Waals surface area (Å²) in [5, 5.41) is 15.2. The first kappa shape index (κ1) is 20.2. The van der Waals surface area contributed by atoms with Crippen molar-refractivity contribution >= 4 is 27.3 Å². The molecule has 2 amide bonds. The van der Waals surface area contributed by atoms with Crippen LogP contribution in [0.4, 0.5) is 5.69 Å². The van der Waals surface area contributed by atoms with Crippen molar-refractivity contribution in [1.29, 1.82) is 0 Å². The number of rotatable bonds is 6. The molecule has 1 aromatic carbocycles. The van der Waals surface area contributed by atoms with Crippen LogP contribution in [0.5, 0.6) is 5.75 Å². The van der Waals surface area contributed by atoms with Crippen molar-refractivity contribution in [2.24, 2.45) is 23.2 Å². The average molecular weight is 421 g/mol. The minimum Gasteiger partial charge on any atom is -0.506 e. The van der Waals surface area contributed by atoms with Gasteiger partial charge in [-0.05, 0) is 74.5 Å². The molecule has 4 aliphatic carbocycles. The number of phenolic OH excluding ortho intramolecular Hbond substituents is 1. The highest BCUT2D eigenvalue weighted by Gasteiger charge is 2.54. The van der Waals surface area contributed by atoms with Crippen LogP contribution in [0.25, 0.3) is 0 Å². The Morgan fingerprint density at radius 2 is 1.69 bits per heavy atom. The van der Waals surface area contributed by atoms with Crippen LogP contribution in [0.2, 0.25) is 0 Å². The molecule has 0 heterocycles. The lowest BCUT2D eigenvalue weighted by atomic mass is 9.49. The summed E-state index contributed by atoms with van der Waals surface area (Å²) < 4.78 is 24.0. The summed E-state index contributed by atoms with van der Waals surface area (Å²) in [5.74, 6) is 1.08. The van der Waals surface area contributed by atoms with Crippen LogP contribution in [0.15, 0.2) is 23.1 Å². The zero-order chi connectivity index (χ0) is 20.8. The number of aromatic hydroxyl groups is 1. The van der Waals surface area contributed by atoms with Crippen LogP contribution in [-0.4, -0.2) is 37.6 Å². The predicted octanol–water partition coefficient (Wildman–Crippen LogP) is 2.46. The molecule has 158 valence electrons. The van der Waals surface area contributed by atoms with Crippen LogP contribution in [0, 0.1) is 23.2 Å². The van der Waals surface area contributed by atoms with Gasteiger partial charge in [0.2, 0.25) is 11.8 Å². The van der Waals surface area contributed by atoms with Gasteiger partial charge in [-0.25, -0.2) is 8.42 Å². The number of benzene rings is 1. The maximum atomic E-state index is 12.9. The second-order valence-electron chi connectivity index (χ2n) is 9.01. The van der Waals surface area contributed by atoms with Gasteiger partial charge in [0.15, 0.2) is 9.84 Å². The number of hydrogen-bond donors (Lipinski definition) is 3. The summed E-state index contributed by atoms with van der Waals surface area (Å²) in [6.45, 7) is 1.32. The molecule has 4 aliphatic rings. The van der Waals surface area contributed by atoms with E-state index in [1.54, 1.807) is 0 Å². The first-order valence-corrected chi connectivity index (χ1v) is 12.0. The molecule has 0 radical (unpaired) electrons. The summed E-state index contributed by atoms with van der Waals surface area (Å²) in [6.07, 6.45) is 6.48. The Morgan fingerprint density at radius 1 is 1.10 bits per heavy atom. The summed E-state index contributed by atoms with van der Waals surface area (Å²) in [5.41, 5.74) is -0.305. The van der Waals surface area contributed by atoms with E-state index in [0.29, 0.717) is 17.8 Å². The molecule has 3 N–H and O–H groups in total. The lowest BCUT2D eigenvalue weighted by molar-refractivity contribution is -0.146. The minimum atomic E-state index is -3.46. The summed E-state index contributed by atoms with van der Waals surface area (Å²) in [6, 6.07) is 3.79. The van der Waals surface area contributed by atoms with Crippen LogP contribution >= 0.6 is 0 Å². The number of sulfone groups is 1. The van der Waals surface area contributed by atoms with Gasteiger partial charge in [-0.2, -0.15) is 0 Å². The van der Waals surface area contributed by atoms with Gasteiger partial charge in [-0.1, -0.05) is 6.92 Å². The molecule has 4 bridgehead atoms. The fraction of sp³-hybridized carbons (Fsp3) is 0.619. The van der Waals surface area contributed by atoms with Gasteiger partial charge >= 0.3 is 0 Å². The lowest BCUT2D eigenvalue weighted by Crippen LogP contribution is -2.54. The predicted molar refractivity (Wildman–Crippen MR) is 108 cm³/mol. The Kier molecular flexibility index (Phi) is 5.09. The van der Waals surface area contributed by atoms with Gasteiger partial charge < -0.3 is 15.7 Å². The first-order valence-electron chi connectivity index (χ1n) is 10.3. The van der Waals surface area contributed by atoms with E-state index in [0.717, 1.165) is 19.3 Å². The van der Waals surface area contributed by atoms with Gasteiger partial charge in [0.1, 0.15) is 5.75 Å². The van der Waals surface area contributed by atoms with Gasteiger partial charge in [0.25, 0.3) is 0 Å². The molecule has 0 atom stereocenters. The van der Waals surface area contributed by atoms with E-state index in [2.05, 4.69) is 10.6 Å². The molecule has 0 aromatic heterocycles. The van der Waals surface area contributed by atoms with Crippen LogP contribution < -0.4 is 10.6 Å². The third-order valence-corrected chi connectivity index (χ3v) is 8.64. The normalized spacial score (nSPS) is 30.2. The molecule has 7 nitrogen and oxygen atoms in total. The first-order chi connectivity index (χ1) is 13.7. The monoisotopic (exact) mass is 420 g/mol. The number of hydrogen-bond acceptors (Lipinski definition) is 5. The highest BCUT2D eigenvalue weighted by molar-refractivity contribution is 7.91. The molecular formula is C21H28N2O5S. The maximum absolute atomic E-state index is 12.9. The summed E-state index contributed by atoms with van der Waals surface area (Å²) >= 11 is 0. The zero-order valence-electron chi connectivity index (χ0n) is 16.6. The van der Waals surface area contributed by atoms with E-state index >= 15 is 0 Å². The Morgan fingerprint density at radius 3 is 2.24 bits per heavy atom. The number of carbonyl (C=O) groups excluding carboxylic acids is 2. The molecule has 8 heteroatoms. The number of amides is 2. The maximum Gasteiger partial charge on any atom is 0.243 e. The number of carbonyl (C=O) groups is 2. The van der Waals surface area contributed by atoms with Crippen molar-refractivity contribution in [2.45, 2.75) is 50.3 Å². The molecule has 4 saturated carbocycles. The number of phenols is 1. The van der Waals surface area contributed by atoms with Crippen LogP contribution in [-0.2, 0) is 19.4 Å². The molecule has 0 saturated heterocycles. The largest absolute Gasteiger partial charge is 0.506 e. The Bertz CT molecular complexity index is 905. The highest BCUT2D eigenvalue weighted by Crippen LogP contribution is 2.60.